The van der Waals surface area contributed by atoms with Crippen LogP contribution in [0.25, 0.3) is 32.8 Å². The fourth-order valence-corrected chi connectivity index (χ4v) is 7.83. The molecule has 4 aromatic rings. The highest BCUT2D eigenvalue weighted by Crippen LogP contribution is 2.48. The zero-order valence-electron chi connectivity index (χ0n) is 26.0. The molecule has 1 aromatic heterocycles. The van der Waals surface area contributed by atoms with Crippen molar-refractivity contribution in [3.8, 4) is 41.3 Å². The number of fused-ring (bicyclic) bond motifs is 4. The molecular formula is C36H34F2N6O3. The van der Waals surface area contributed by atoms with Crippen LogP contribution in [-0.2, 0) is 0 Å². The van der Waals surface area contributed by atoms with Crippen molar-refractivity contribution in [2.45, 2.75) is 50.3 Å². The Morgan fingerprint density at radius 2 is 1.87 bits per heavy atom. The van der Waals surface area contributed by atoms with Crippen LogP contribution in [0.1, 0.15) is 43.7 Å². The smallest absolute Gasteiger partial charge is 0.319 e. The molecule has 0 amide bonds. The maximum atomic E-state index is 17.1. The number of benzene rings is 3. The number of hydrogen-bond acceptors (Lipinski definition) is 9. The van der Waals surface area contributed by atoms with Gasteiger partial charge in [0.25, 0.3) is 0 Å². The van der Waals surface area contributed by atoms with Gasteiger partial charge in [-0.1, -0.05) is 12.0 Å². The summed E-state index contributed by atoms with van der Waals surface area (Å²) in [7, 11) is 0. The number of anilines is 1. The maximum Gasteiger partial charge on any atom is 0.319 e. The number of piperazine rings is 1. The van der Waals surface area contributed by atoms with Crippen molar-refractivity contribution in [3.05, 3.63) is 53.1 Å². The van der Waals surface area contributed by atoms with Crippen molar-refractivity contribution in [2.24, 2.45) is 5.41 Å². The van der Waals surface area contributed by atoms with Crippen LogP contribution < -0.4 is 15.0 Å². The molecule has 3 saturated heterocycles. The van der Waals surface area contributed by atoms with Gasteiger partial charge in [-0.3, -0.25) is 4.90 Å². The van der Waals surface area contributed by atoms with E-state index in [-0.39, 0.29) is 62.4 Å². The lowest BCUT2D eigenvalue weighted by molar-refractivity contribution is -0.0921. The minimum absolute atomic E-state index is 0.0203. The standard InChI is InChI=1S/C36H34F2N6O3/c1-3-25-28(37)7-4-20-10-24(45)12-26(29(20)25)30-21(13-39)11-27-32(31(30)38)41-34(42-33(27)44-14-22-5-6-23(15-44)40-22)47-19-36(8-9-36)18-43-16-35(2,46)17-43/h1,4,7,10-12,22-23,40,45-46H,5-6,8-9,14-19H2,2H3. The van der Waals surface area contributed by atoms with E-state index in [1.54, 1.807) is 6.07 Å². The lowest BCUT2D eigenvalue weighted by Gasteiger charge is -2.45. The average molecular weight is 637 g/mol. The molecule has 9 nitrogen and oxygen atoms in total. The number of aliphatic hydroxyl groups is 1. The Kier molecular flexibility index (Phi) is 6.82. The molecular weight excluding hydrogens is 602 g/mol. The molecule has 3 aliphatic heterocycles. The van der Waals surface area contributed by atoms with Gasteiger partial charge in [-0.25, -0.2) is 8.78 Å². The number of ether oxygens (including phenoxy) is 1. The van der Waals surface area contributed by atoms with Gasteiger partial charge in [0.1, 0.15) is 22.9 Å². The number of nitrogens with one attached hydrogen (secondary N) is 1. The lowest BCUT2D eigenvalue weighted by atomic mass is 9.90. The Morgan fingerprint density at radius 1 is 1.13 bits per heavy atom. The summed E-state index contributed by atoms with van der Waals surface area (Å²) in [5, 5.41) is 35.8. The number of likely N-dealkylation sites (tertiary alicyclic amines) is 1. The second-order valence-electron chi connectivity index (χ2n) is 14.1. The van der Waals surface area contributed by atoms with E-state index in [0.29, 0.717) is 49.4 Å². The van der Waals surface area contributed by atoms with E-state index in [4.69, 9.17) is 16.1 Å². The van der Waals surface area contributed by atoms with Crippen LogP contribution in [0.3, 0.4) is 0 Å². The van der Waals surface area contributed by atoms with Crippen LogP contribution in [0.4, 0.5) is 14.6 Å². The number of β-amino-alcohol motifs (C(OH)–C–C–N with tert-alkyl or cyclic N) is 1. The number of terminal acetylenes is 1. The second kappa shape index (κ2) is 10.7. The molecule has 2 atom stereocenters. The Balaban J connectivity index is 1.27. The van der Waals surface area contributed by atoms with Crippen LogP contribution in [0, 0.1) is 40.7 Å². The molecule has 11 heteroatoms. The zero-order chi connectivity index (χ0) is 32.7. The van der Waals surface area contributed by atoms with E-state index in [1.165, 1.54) is 24.3 Å². The predicted molar refractivity (Wildman–Crippen MR) is 173 cm³/mol. The number of nitriles is 1. The van der Waals surface area contributed by atoms with E-state index in [1.807, 2.05) is 6.92 Å². The first-order valence-corrected chi connectivity index (χ1v) is 16.0. The molecule has 4 fully saturated rings. The van der Waals surface area contributed by atoms with Crippen molar-refractivity contribution in [1.82, 2.24) is 20.2 Å². The van der Waals surface area contributed by atoms with Crippen LogP contribution in [0.2, 0.25) is 0 Å². The molecule has 2 bridgehead atoms. The summed E-state index contributed by atoms with van der Waals surface area (Å²) < 4.78 is 38.3. The van der Waals surface area contributed by atoms with E-state index < -0.39 is 17.2 Å². The zero-order valence-corrected chi connectivity index (χ0v) is 26.0. The monoisotopic (exact) mass is 636 g/mol. The van der Waals surface area contributed by atoms with Crippen molar-refractivity contribution < 1.29 is 23.7 Å². The molecule has 240 valence electrons. The molecule has 1 aliphatic carbocycles. The number of nitrogens with zero attached hydrogens (tertiary/aromatic N) is 5. The first-order chi connectivity index (χ1) is 22.5. The van der Waals surface area contributed by atoms with Crippen LogP contribution in [0.15, 0.2) is 30.3 Å². The molecule has 2 unspecified atom stereocenters. The largest absolute Gasteiger partial charge is 0.508 e. The van der Waals surface area contributed by atoms with Gasteiger partial charge in [-0.05, 0) is 67.8 Å². The van der Waals surface area contributed by atoms with Gasteiger partial charge in [0.15, 0.2) is 5.82 Å². The molecule has 47 heavy (non-hydrogen) atoms. The minimum Gasteiger partial charge on any atom is -0.508 e. The summed E-state index contributed by atoms with van der Waals surface area (Å²) in [4.78, 5) is 13.7. The van der Waals surface area contributed by atoms with Gasteiger partial charge in [0.2, 0.25) is 0 Å². The number of hydrogen-bond donors (Lipinski definition) is 3. The third-order valence-electron chi connectivity index (χ3n) is 10.1. The molecule has 0 spiro atoms. The highest BCUT2D eigenvalue weighted by Gasteiger charge is 2.49. The third kappa shape index (κ3) is 5.19. The number of rotatable bonds is 7. The second-order valence-corrected chi connectivity index (χ2v) is 14.1. The van der Waals surface area contributed by atoms with Crippen molar-refractivity contribution in [2.75, 3.05) is 44.2 Å². The Morgan fingerprint density at radius 3 is 2.53 bits per heavy atom. The number of aromatic hydroxyl groups is 1. The van der Waals surface area contributed by atoms with Crippen molar-refractivity contribution >= 4 is 27.5 Å². The number of phenols is 1. The van der Waals surface area contributed by atoms with Gasteiger partial charge in [-0.2, -0.15) is 15.2 Å². The molecule has 4 heterocycles. The van der Waals surface area contributed by atoms with Gasteiger partial charge in [-0.15, -0.1) is 6.42 Å². The highest BCUT2D eigenvalue weighted by molar-refractivity contribution is 6.05. The summed E-state index contributed by atoms with van der Waals surface area (Å²) in [5.74, 6) is 1.18. The van der Waals surface area contributed by atoms with E-state index in [0.717, 1.165) is 32.2 Å². The first-order valence-electron chi connectivity index (χ1n) is 16.0. The SMILES string of the molecule is C#Cc1c(F)ccc2cc(O)cc(-c3c(C#N)cc4c(N5CC6CCC(C5)N6)nc(OCC5(CN6CC(C)(O)C6)CC5)nc4c3F)c12. The molecule has 0 radical (unpaired) electrons. The average Bonchev–Trinajstić information content (AvgIpc) is 3.72. The third-order valence-corrected chi connectivity index (χ3v) is 10.1. The van der Waals surface area contributed by atoms with E-state index in [2.05, 4.69) is 32.1 Å². The maximum absolute atomic E-state index is 17.1. The Bertz CT molecular complexity index is 2030. The van der Waals surface area contributed by atoms with Gasteiger partial charge in [0.05, 0.1) is 29.4 Å². The van der Waals surface area contributed by atoms with Gasteiger partial charge >= 0.3 is 6.01 Å². The fraction of sp³-hybridized carbons (Fsp3) is 0.417. The Labute approximate surface area is 270 Å². The van der Waals surface area contributed by atoms with Crippen LogP contribution >= 0.6 is 0 Å². The van der Waals surface area contributed by atoms with E-state index >= 15 is 4.39 Å². The topological polar surface area (TPSA) is 118 Å². The minimum atomic E-state index is -0.811. The van der Waals surface area contributed by atoms with Gasteiger partial charge < -0.3 is 25.2 Å². The van der Waals surface area contributed by atoms with Crippen molar-refractivity contribution in [1.29, 1.82) is 5.26 Å². The Hall–Kier alpha value is -4.55. The fourth-order valence-electron chi connectivity index (χ4n) is 7.83. The molecule has 8 rings (SSSR count). The molecule has 3 N–H and O–H groups in total. The van der Waals surface area contributed by atoms with Crippen LogP contribution in [-0.4, -0.2) is 82.1 Å². The molecule has 4 aliphatic rings. The summed E-state index contributed by atoms with van der Waals surface area (Å²) in [6.45, 7) is 5.50. The normalized spacial score (nSPS) is 22.6. The summed E-state index contributed by atoms with van der Waals surface area (Å²) >= 11 is 0. The van der Waals surface area contributed by atoms with Crippen molar-refractivity contribution in [3.63, 3.8) is 0 Å². The van der Waals surface area contributed by atoms with E-state index in [9.17, 15) is 19.9 Å². The number of aromatic nitrogens is 2. The summed E-state index contributed by atoms with van der Waals surface area (Å²) in [6.07, 6.45) is 9.70. The predicted octanol–water partition coefficient (Wildman–Crippen LogP) is 4.45. The highest BCUT2D eigenvalue weighted by atomic mass is 19.1. The van der Waals surface area contributed by atoms with Gasteiger partial charge in [0, 0.05) is 66.6 Å². The summed E-state index contributed by atoms with van der Waals surface area (Å²) in [5.41, 5.74) is -0.953. The van der Waals surface area contributed by atoms with Crippen LogP contribution in [0.5, 0.6) is 11.8 Å². The summed E-state index contributed by atoms with van der Waals surface area (Å²) in [6, 6.07) is 9.63. The quantitative estimate of drug-likeness (QED) is 0.253. The number of halogens is 2. The molecule has 1 saturated carbocycles. The number of phenolic OH excluding ortho intramolecular Hbond substituents is 1. The first kappa shape index (κ1) is 29.8. The molecule has 3 aromatic carbocycles. The lowest BCUT2D eigenvalue weighted by Crippen LogP contribution is -2.61.